The number of hydrogen-bond donors (Lipinski definition) is 1. The Morgan fingerprint density at radius 3 is 2.05 bits per heavy atom. The van der Waals surface area contributed by atoms with E-state index in [1.54, 1.807) is 24.1 Å². The van der Waals surface area contributed by atoms with Crippen molar-refractivity contribution in [2.45, 2.75) is 63.8 Å². The van der Waals surface area contributed by atoms with E-state index in [0.29, 0.717) is 35.3 Å². The fourth-order valence-electron chi connectivity index (χ4n) is 5.89. The summed E-state index contributed by atoms with van der Waals surface area (Å²) in [6.07, 6.45) is -0.964. The number of anilines is 1. The van der Waals surface area contributed by atoms with Gasteiger partial charge in [0.05, 0.1) is 10.6 Å². The molecule has 0 unspecified atom stereocenters. The SMILES string of the molecule is CC(C)N(C)C(=O)c1ccc(N2CCC(CC3CCN(C(=O)[C@](O)(c4ccccc4)C(F)(F)F)CC3)CC2)cc1Cl. The van der Waals surface area contributed by atoms with Crippen molar-refractivity contribution in [3.63, 3.8) is 0 Å². The molecule has 2 aliphatic heterocycles. The van der Waals surface area contributed by atoms with Gasteiger partial charge in [0, 0.05) is 50.5 Å². The van der Waals surface area contributed by atoms with Crippen molar-refractivity contribution < 1.29 is 27.9 Å². The summed E-state index contributed by atoms with van der Waals surface area (Å²) >= 11 is 6.49. The summed E-state index contributed by atoms with van der Waals surface area (Å²) in [5.74, 6) is -0.591. The number of carbonyl (C=O) groups is 2. The summed E-state index contributed by atoms with van der Waals surface area (Å²) in [6, 6.07) is 12.2. The zero-order chi connectivity index (χ0) is 29.9. The summed E-state index contributed by atoms with van der Waals surface area (Å²) in [6.45, 7) is 6.01. The molecule has 0 saturated carbocycles. The van der Waals surface area contributed by atoms with Gasteiger partial charge in [-0.25, -0.2) is 0 Å². The molecule has 2 aliphatic rings. The summed E-state index contributed by atoms with van der Waals surface area (Å²) in [5.41, 5.74) is -2.53. The van der Waals surface area contributed by atoms with E-state index < -0.39 is 23.2 Å². The number of alkyl halides is 3. The highest BCUT2D eigenvalue weighted by Crippen LogP contribution is 2.41. The smallest absolute Gasteiger partial charge is 0.371 e. The predicted molar refractivity (Wildman–Crippen MR) is 154 cm³/mol. The van der Waals surface area contributed by atoms with Gasteiger partial charge in [-0.05, 0) is 76.0 Å². The molecular formula is C31H39ClF3N3O3. The van der Waals surface area contributed by atoms with E-state index in [0.717, 1.165) is 55.1 Å². The van der Waals surface area contributed by atoms with Crippen molar-refractivity contribution in [1.82, 2.24) is 9.80 Å². The molecule has 2 aromatic rings. The highest BCUT2D eigenvalue weighted by molar-refractivity contribution is 6.34. The van der Waals surface area contributed by atoms with Gasteiger partial charge in [-0.15, -0.1) is 0 Å². The summed E-state index contributed by atoms with van der Waals surface area (Å²) in [7, 11) is 1.76. The molecule has 6 nitrogen and oxygen atoms in total. The Hall–Kier alpha value is -2.78. The Bertz CT molecular complexity index is 1210. The van der Waals surface area contributed by atoms with Crippen LogP contribution in [0.15, 0.2) is 48.5 Å². The van der Waals surface area contributed by atoms with Gasteiger partial charge in [-0.2, -0.15) is 13.2 Å². The highest BCUT2D eigenvalue weighted by atomic mass is 35.5. The molecule has 2 fully saturated rings. The Morgan fingerprint density at radius 1 is 0.976 bits per heavy atom. The van der Waals surface area contributed by atoms with E-state index in [2.05, 4.69) is 4.90 Å². The van der Waals surface area contributed by atoms with Crippen LogP contribution in [0.5, 0.6) is 0 Å². The van der Waals surface area contributed by atoms with Crippen LogP contribution in [0, 0.1) is 11.8 Å². The molecule has 0 bridgehead atoms. The molecule has 2 aromatic carbocycles. The van der Waals surface area contributed by atoms with Gasteiger partial charge in [0.25, 0.3) is 17.4 Å². The monoisotopic (exact) mass is 593 g/mol. The lowest BCUT2D eigenvalue weighted by Gasteiger charge is -2.40. The number of aliphatic hydroxyl groups is 1. The van der Waals surface area contributed by atoms with Crippen molar-refractivity contribution in [2.24, 2.45) is 11.8 Å². The largest absolute Gasteiger partial charge is 0.430 e. The maximum Gasteiger partial charge on any atom is 0.430 e. The number of piperidine rings is 2. The average Bonchev–Trinajstić information content (AvgIpc) is 2.96. The van der Waals surface area contributed by atoms with Gasteiger partial charge >= 0.3 is 6.18 Å². The molecule has 41 heavy (non-hydrogen) atoms. The third-order valence-corrected chi connectivity index (χ3v) is 9.05. The van der Waals surface area contributed by atoms with Crippen LogP contribution in [-0.2, 0) is 10.4 Å². The van der Waals surface area contributed by atoms with Crippen LogP contribution in [0.2, 0.25) is 5.02 Å². The van der Waals surface area contributed by atoms with Crippen LogP contribution >= 0.6 is 11.6 Å². The number of rotatable bonds is 7. The first-order valence-corrected chi connectivity index (χ1v) is 14.7. The molecule has 10 heteroatoms. The van der Waals surface area contributed by atoms with E-state index in [4.69, 9.17) is 11.6 Å². The first-order valence-electron chi connectivity index (χ1n) is 14.3. The van der Waals surface area contributed by atoms with E-state index in [1.165, 1.54) is 12.1 Å². The number of likely N-dealkylation sites (tertiary alicyclic amines) is 1. The van der Waals surface area contributed by atoms with E-state index in [9.17, 15) is 27.9 Å². The van der Waals surface area contributed by atoms with Crippen molar-refractivity contribution in [2.75, 3.05) is 38.1 Å². The zero-order valence-corrected chi connectivity index (χ0v) is 24.6. The summed E-state index contributed by atoms with van der Waals surface area (Å²) in [5, 5.41) is 11.1. The van der Waals surface area contributed by atoms with Gasteiger partial charge in [0.2, 0.25) is 0 Å². The van der Waals surface area contributed by atoms with Crippen molar-refractivity contribution in [3.8, 4) is 0 Å². The first kappa shape index (κ1) is 31.2. The molecular weight excluding hydrogens is 555 g/mol. The Morgan fingerprint density at radius 2 is 1.54 bits per heavy atom. The van der Waals surface area contributed by atoms with E-state index >= 15 is 0 Å². The fraction of sp³-hybridized carbons (Fsp3) is 0.548. The molecule has 2 heterocycles. The molecule has 1 N–H and O–H groups in total. The minimum Gasteiger partial charge on any atom is -0.371 e. The second-order valence-electron chi connectivity index (χ2n) is 11.6. The Labute approximate surface area is 245 Å². The molecule has 2 saturated heterocycles. The second kappa shape index (κ2) is 12.6. The normalized spacial score (nSPS) is 18.9. The molecule has 0 radical (unpaired) electrons. The molecule has 0 aliphatic carbocycles. The number of nitrogens with zero attached hydrogens (tertiary/aromatic N) is 3. The Kier molecular flexibility index (Phi) is 9.59. The third-order valence-electron chi connectivity index (χ3n) is 8.74. The quantitative estimate of drug-likeness (QED) is 0.420. The highest BCUT2D eigenvalue weighted by Gasteiger charge is 2.62. The van der Waals surface area contributed by atoms with Crippen LogP contribution in [0.3, 0.4) is 0 Å². The van der Waals surface area contributed by atoms with Crippen molar-refractivity contribution in [1.29, 1.82) is 0 Å². The average molecular weight is 594 g/mol. The van der Waals surface area contributed by atoms with Crippen LogP contribution in [0.25, 0.3) is 0 Å². The van der Waals surface area contributed by atoms with Crippen LogP contribution in [-0.4, -0.2) is 72.2 Å². The van der Waals surface area contributed by atoms with Crippen molar-refractivity contribution in [3.05, 3.63) is 64.7 Å². The molecule has 4 rings (SSSR count). The number of amides is 2. The molecule has 0 aromatic heterocycles. The van der Waals surface area contributed by atoms with Crippen LogP contribution in [0.1, 0.15) is 61.9 Å². The predicted octanol–water partition coefficient (Wildman–Crippen LogP) is 6.12. The van der Waals surface area contributed by atoms with Crippen LogP contribution < -0.4 is 4.90 Å². The molecule has 224 valence electrons. The minimum atomic E-state index is -5.12. The maximum absolute atomic E-state index is 13.9. The number of halogens is 4. The van der Waals surface area contributed by atoms with E-state index in [1.807, 2.05) is 26.0 Å². The molecule has 0 spiro atoms. The lowest BCUT2D eigenvalue weighted by atomic mass is 9.82. The molecule has 2 amide bonds. The van der Waals surface area contributed by atoms with Gasteiger partial charge < -0.3 is 19.8 Å². The lowest BCUT2D eigenvalue weighted by molar-refractivity contribution is -0.262. The Balaban J connectivity index is 1.29. The van der Waals surface area contributed by atoms with E-state index in [-0.39, 0.29) is 25.0 Å². The van der Waals surface area contributed by atoms with Crippen molar-refractivity contribution >= 4 is 29.1 Å². The second-order valence-corrected chi connectivity index (χ2v) is 12.1. The van der Waals surface area contributed by atoms with Gasteiger partial charge in [0.15, 0.2) is 0 Å². The van der Waals surface area contributed by atoms with Crippen LogP contribution in [0.4, 0.5) is 18.9 Å². The summed E-state index contributed by atoms with van der Waals surface area (Å²) < 4.78 is 41.8. The van der Waals surface area contributed by atoms with Gasteiger partial charge in [0.1, 0.15) is 0 Å². The van der Waals surface area contributed by atoms with Gasteiger partial charge in [-0.3, -0.25) is 9.59 Å². The topological polar surface area (TPSA) is 64.1 Å². The first-order chi connectivity index (χ1) is 19.3. The lowest BCUT2D eigenvalue weighted by Crippen LogP contribution is -2.57. The maximum atomic E-state index is 13.9. The standard InChI is InChI=1S/C31H39ClF3N3O3/c1-21(2)36(3)28(39)26-10-9-25(20-27(26)32)37-15-11-22(12-16-37)19-23-13-17-38(18-14-23)29(40)30(41,31(33,34)35)24-7-5-4-6-8-24/h4-10,20-23,41H,11-19H2,1-3H3/t30-/m1/s1. The van der Waals surface area contributed by atoms with Gasteiger partial charge in [-0.1, -0.05) is 41.9 Å². The third kappa shape index (κ3) is 6.67. The summed E-state index contributed by atoms with van der Waals surface area (Å²) in [4.78, 5) is 30.8. The zero-order valence-electron chi connectivity index (χ0n) is 23.8. The fourth-order valence-corrected chi connectivity index (χ4v) is 6.14. The number of benzene rings is 2. The number of hydrogen-bond acceptors (Lipinski definition) is 4. The molecule has 1 atom stereocenters. The number of carbonyl (C=O) groups excluding carboxylic acids is 2. The minimum absolute atomic E-state index is 0.0717.